The van der Waals surface area contributed by atoms with Crippen molar-refractivity contribution in [3.8, 4) is 0 Å². The second kappa shape index (κ2) is 5.75. The van der Waals surface area contributed by atoms with Gasteiger partial charge in [0.05, 0.1) is 0 Å². The summed E-state index contributed by atoms with van der Waals surface area (Å²) in [6.07, 6.45) is 1.67. The molecule has 0 aliphatic heterocycles. The number of oxime groups is 1. The molecule has 0 radical (unpaired) electrons. The van der Waals surface area contributed by atoms with Gasteiger partial charge in [-0.25, -0.2) is 0 Å². The van der Waals surface area contributed by atoms with Crippen LogP contribution in [0.1, 0.15) is 27.7 Å². The number of rotatable bonds is 5. The van der Waals surface area contributed by atoms with E-state index in [9.17, 15) is 4.79 Å². The van der Waals surface area contributed by atoms with E-state index in [1.54, 1.807) is 6.21 Å². The molecule has 0 saturated carbocycles. The molecule has 0 unspecified atom stereocenters. The lowest BCUT2D eigenvalue weighted by Gasteiger charge is -2.01. The van der Waals surface area contributed by atoms with Gasteiger partial charge in [0, 0.05) is 12.1 Å². The Hall–Kier alpha value is -0.860. The van der Waals surface area contributed by atoms with E-state index < -0.39 is 0 Å². The molecular weight excluding hydrogens is 154 g/mol. The maximum atomic E-state index is 11.0. The summed E-state index contributed by atoms with van der Waals surface area (Å²) in [5.41, 5.74) is 0. The van der Waals surface area contributed by atoms with Crippen LogP contribution in [-0.4, -0.2) is 18.6 Å². The number of hydrogen-bond donors (Lipinski definition) is 0. The van der Waals surface area contributed by atoms with Crippen molar-refractivity contribution in [1.29, 1.82) is 0 Å². The molecule has 0 saturated heterocycles. The molecule has 0 fully saturated rings. The molecule has 0 aliphatic carbocycles. The summed E-state index contributed by atoms with van der Waals surface area (Å²) in [7, 11) is 0. The van der Waals surface area contributed by atoms with Crippen LogP contribution >= 0.6 is 0 Å². The standard InChI is InChI=1S/C9H17NO2/c1-7(2)5-10-12-6-9(11)8(3)4/h5,7-8H,6H2,1-4H3/b10-5+. The summed E-state index contributed by atoms with van der Waals surface area (Å²) >= 11 is 0. The normalized spacial score (nSPS) is 11.5. The second-order valence-corrected chi connectivity index (χ2v) is 3.39. The van der Waals surface area contributed by atoms with E-state index in [1.807, 2.05) is 27.7 Å². The van der Waals surface area contributed by atoms with E-state index in [-0.39, 0.29) is 18.3 Å². The van der Waals surface area contributed by atoms with Crippen molar-refractivity contribution >= 4 is 12.0 Å². The van der Waals surface area contributed by atoms with E-state index in [0.29, 0.717) is 5.92 Å². The molecular formula is C9H17NO2. The van der Waals surface area contributed by atoms with Gasteiger partial charge in [-0.05, 0) is 5.92 Å². The molecule has 0 heterocycles. The maximum Gasteiger partial charge on any atom is 0.175 e. The molecule has 0 aliphatic rings. The van der Waals surface area contributed by atoms with Gasteiger partial charge >= 0.3 is 0 Å². The largest absolute Gasteiger partial charge is 0.388 e. The van der Waals surface area contributed by atoms with Crippen molar-refractivity contribution in [1.82, 2.24) is 0 Å². The first-order chi connectivity index (χ1) is 5.54. The minimum atomic E-state index is 0.0271. The minimum absolute atomic E-state index is 0.0271. The van der Waals surface area contributed by atoms with E-state index in [0.717, 1.165) is 0 Å². The first kappa shape index (κ1) is 11.1. The Morgan fingerprint density at radius 2 is 2.00 bits per heavy atom. The van der Waals surface area contributed by atoms with Gasteiger partial charge in [0.2, 0.25) is 0 Å². The van der Waals surface area contributed by atoms with Crippen molar-refractivity contribution < 1.29 is 9.63 Å². The first-order valence-electron chi connectivity index (χ1n) is 4.22. The molecule has 12 heavy (non-hydrogen) atoms. The highest BCUT2D eigenvalue weighted by Crippen LogP contribution is 1.94. The highest BCUT2D eigenvalue weighted by molar-refractivity contribution is 5.81. The molecule has 0 spiro atoms. The molecule has 0 N–H and O–H groups in total. The number of Topliss-reactive ketones (excluding diaryl/α,β-unsaturated/α-hetero) is 1. The molecule has 0 atom stereocenters. The lowest BCUT2D eigenvalue weighted by Crippen LogP contribution is -2.13. The van der Waals surface area contributed by atoms with Crippen molar-refractivity contribution in [2.45, 2.75) is 27.7 Å². The Balaban J connectivity index is 3.50. The van der Waals surface area contributed by atoms with Crippen LogP contribution in [0.15, 0.2) is 5.16 Å². The van der Waals surface area contributed by atoms with Crippen LogP contribution in [0.3, 0.4) is 0 Å². The molecule has 0 rings (SSSR count). The van der Waals surface area contributed by atoms with E-state index in [4.69, 9.17) is 4.84 Å². The van der Waals surface area contributed by atoms with Gasteiger partial charge in [-0.2, -0.15) is 0 Å². The molecule has 3 nitrogen and oxygen atoms in total. The zero-order chi connectivity index (χ0) is 9.56. The predicted octanol–water partition coefficient (Wildman–Crippen LogP) is 1.87. The van der Waals surface area contributed by atoms with Crippen molar-refractivity contribution in [3.05, 3.63) is 0 Å². The highest BCUT2D eigenvalue weighted by atomic mass is 16.6. The van der Waals surface area contributed by atoms with Gasteiger partial charge < -0.3 is 4.84 Å². The Morgan fingerprint density at radius 1 is 1.42 bits per heavy atom. The molecule has 3 heteroatoms. The topological polar surface area (TPSA) is 38.7 Å². The maximum absolute atomic E-state index is 11.0. The number of hydrogen-bond acceptors (Lipinski definition) is 3. The lowest BCUT2D eigenvalue weighted by atomic mass is 10.1. The third-order valence-corrected chi connectivity index (χ3v) is 1.28. The summed E-state index contributed by atoms with van der Waals surface area (Å²) in [6, 6.07) is 0. The van der Waals surface area contributed by atoms with Crippen LogP contribution in [0.2, 0.25) is 0 Å². The third-order valence-electron chi connectivity index (χ3n) is 1.28. The van der Waals surface area contributed by atoms with Crippen LogP contribution in [-0.2, 0) is 9.63 Å². The molecule has 70 valence electrons. The Kier molecular flexibility index (Phi) is 5.34. The quantitative estimate of drug-likeness (QED) is 0.468. The van der Waals surface area contributed by atoms with Gasteiger partial charge in [-0.1, -0.05) is 32.9 Å². The summed E-state index contributed by atoms with van der Waals surface area (Å²) in [5, 5.41) is 3.65. The van der Waals surface area contributed by atoms with Crippen molar-refractivity contribution in [2.75, 3.05) is 6.61 Å². The number of ketones is 1. The molecule has 0 aromatic heterocycles. The second-order valence-electron chi connectivity index (χ2n) is 3.39. The average Bonchev–Trinajstić information content (AvgIpc) is 1.97. The van der Waals surface area contributed by atoms with Gasteiger partial charge in [0.15, 0.2) is 12.4 Å². The Labute approximate surface area is 73.8 Å². The fourth-order valence-corrected chi connectivity index (χ4v) is 0.432. The predicted molar refractivity (Wildman–Crippen MR) is 49.1 cm³/mol. The number of carbonyl (C=O) groups is 1. The molecule has 0 aromatic carbocycles. The van der Waals surface area contributed by atoms with Crippen molar-refractivity contribution in [2.24, 2.45) is 17.0 Å². The molecule has 0 amide bonds. The van der Waals surface area contributed by atoms with Crippen LogP contribution in [0.5, 0.6) is 0 Å². The minimum Gasteiger partial charge on any atom is -0.388 e. The Morgan fingerprint density at radius 3 is 2.42 bits per heavy atom. The fourth-order valence-electron chi connectivity index (χ4n) is 0.432. The molecule has 0 bridgehead atoms. The van der Waals surface area contributed by atoms with Crippen LogP contribution in [0.25, 0.3) is 0 Å². The zero-order valence-corrected chi connectivity index (χ0v) is 8.20. The summed E-state index contributed by atoms with van der Waals surface area (Å²) in [4.78, 5) is 15.8. The lowest BCUT2D eigenvalue weighted by molar-refractivity contribution is -0.126. The zero-order valence-electron chi connectivity index (χ0n) is 8.20. The van der Waals surface area contributed by atoms with Gasteiger partial charge in [0.25, 0.3) is 0 Å². The van der Waals surface area contributed by atoms with Gasteiger partial charge in [0.1, 0.15) is 0 Å². The van der Waals surface area contributed by atoms with Crippen molar-refractivity contribution in [3.63, 3.8) is 0 Å². The van der Waals surface area contributed by atoms with E-state index >= 15 is 0 Å². The third kappa shape index (κ3) is 5.89. The van der Waals surface area contributed by atoms with E-state index in [1.165, 1.54) is 0 Å². The summed E-state index contributed by atoms with van der Waals surface area (Å²) in [6.45, 7) is 7.77. The SMILES string of the molecule is CC(C)/C=N/OCC(=O)C(C)C. The summed E-state index contributed by atoms with van der Waals surface area (Å²) in [5.74, 6) is 0.467. The van der Waals surface area contributed by atoms with E-state index in [2.05, 4.69) is 5.16 Å². The summed E-state index contributed by atoms with van der Waals surface area (Å²) < 4.78 is 0. The Bertz CT molecular complexity index is 162. The van der Waals surface area contributed by atoms with Gasteiger partial charge in [-0.3, -0.25) is 4.79 Å². The first-order valence-corrected chi connectivity index (χ1v) is 4.22. The monoisotopic (exact) mass is 171 g/mol. The van der Waals surface area contributed by atoms with Gasteiger partial charge in [-0.15, -0.1) is 0 Å². The number of nitrogens with zero attached hydrogens (tertiary/aromatic N) is 1. The molecule has 0 aromatic rings. The van der Waals surface area contributed by atoms with Crippen LogP contribution in [0.4, 0.5) is 0 Å². The van der Waals surface area contributed by atoms with Crippen LogP contribution in [0, 0.1) is 11.8 Å². The fraction of sp³-hybridized carbons (Fsp3) is 0.778. The highest BCUT2D eigenvalue weighted by Gasteiger charge is 2.06. The van der Waals surface area contributed by atoms with Crippen LogP contribution < -0.4 is 0 Å². The average molecular weight is 171 g/mol. The number of carbonyl (C=O) groups excluding carboxylic acids is 1. The smallest absolute Gasteiger partial charge is 0.175 e.